The molecule has 4 nitrogen and oxygen atoms in total. The Morgan fingerprint density at radius 1 is 0.680 bits per heavy atom. The van der Waals surface area contributed by atoms with Crippen LogP contribution in [-0.4, -0.2) is 21.8 Å². The molecule has 0 aromatic carbocycles. The van der Waals surface area contributed by atoms with Crippen molar-refractivity contribution in [1.29, 1.82) is 0 Å². The van der Waals surface area contributed by atoms with Crippen LogP contribution < -0.4 is 0 Å². The molecule has 1 radical (unpaired) electrons. The summed E-state index contributed by atoms with van der Waals surface area (Å²) in [6, 6.07) is 0. The zero-order valence-corrected chi connectivity index (χ0v) is 16.8. The average Bonchev–Trinajstić information content (AvgIpc) is 2.55. The Labute approximate surface area is 162 Å². The van der Waals surface area contributed by atoms with E-state index in [0.717, 1.165) is 38.5 Å². The van der Waals surface area contributed by atoms with Crippen molar-refractivity contribution in [1.82, 2.24) is 0 Å². The van der Waals surface area contributed by atoms with Crippen molar-refractivity contribution in [2.75, 3.05) is 0 Å². The normalized spacial score (nSPS) is 17.8. The predicted octanol–water partition coefficient (Wildman–Crippen LogP) is 5.19. The Morgan fingerprint density at radius 3 is 1.20 bits per heavy atom. The molecule has 0 saturated heterocycles. The minimum absolute atomic E-state index is 0. The number of Topliss-reactive ketones (excluding diaryl/α,β-unsaturated/α-hetero) is 2. The Morgan fingerprint density at radius 2 is 0.960 bits per heavy atom. The van der Waals surface area contributed by atoms with Crippen molar-refractivity contribution in [3.63, 3.8) is 0 Å². The molecule has 0 fully saturated rings. The van der Waals surface area contributed by atoms with Crippen LogP contribution in [0.4, 0.5) is 0 Å². The van der Waals surface area contributed by atoms with E-state index in [0.29, 0.717) is 35.5 Å². The van der Waals surface area contributed by atoms with Crippen LogP contribution in [0.15, 0.2) is 22.7 Å². The molecule has 0 heterocycles. The molecule has 5 heteroatoms. The van der Waals surface area contributed by atoms with Crippen molar-refractivity contribution in [3.8, 4) is 0 Å². The first-order valence-electron chi connectivity index (χ1n) is 9.16. The fourth-order valence-corrected chi connectivity index (χ4v) is 3.01. The van der Waals surface area contributed by atoms with E-state index in [2.05, 4.69) is 0 Å². The minimum Gasteiger partial charge on any atom is -0.512 e. The first kappa shape index (κ1) is 23.9. The molecule has 2 aliphatic carbocycles. The Kier molecular flexibility index (Phi) is 11.0. The van der Waals surface area contributed by atoms with Crippen molar-refractivity contribution >= 4 is 11.6 Å². The zero-order chi connectivity index (χ0) is 18.3. The van der Waals surface area contributed by atoms with Gasteiger partial charge in [0.15, 0.2) is 11.6 Å². The Bertz CT molecular complexity index is 482. The summed E-state index contributed by atoms with van der Waals surface area (Å²) < 4.78 is 0. The van der Waals surface area contributed by atoms with Gasteiger partial charge in [-0.2, -0.15) is 0 Å². The van der Waals surface area contributed by atoms with Gasteiger partial charge < -0.3 is 10.2 Å². The third-order valence-electron chi connectivity index (χ3n) is 4.52. The number of allylic oxidation sites excluding steroid dienone is 4. The van der Waals surface area contributed by atoms with Gasteiger partial charge in [0.25, 0.3) is 0 Å². The summed E-state index contributed by atoms with van der Waals surface area (Å²) in [6.45, 7) is 7.49. The van der Waals surface area contributed by atoms with Crippen LogP contribution in [-0.2, 0) is 26.7 Å². The maximum absolute atomic E-state index is 11.5. The van der Waals surface area contributed by atoms with E-state index >= 15 is 0 Å². The van der Waals surface area contributed by atoms with Crippen molar-refractivity contribution in [3.05, 3.63) is 22.7 Å². The predicted molar refractivity (Wildman–Crippen MR) is 95.9 cm³/mol. The van der Waals surface area contributed by atoms with Gasteiger partial charge in [0.05, 0.1) is 11.5 Å². The number of aliphatic hydroxyl groups excluding tert-OH is 2. The second kappa shape index (κ2) is 11.5. The summed E-state index contributed by atoms with van der Waals surface area (Å²) in [5.41, 5.74) is 1.35. The monoisotopic (exact) mass is 399 g/mol. The molecule has 0 aromatic heterocycles. The molecule has 0 spiro atoms. The average molecular weight is 400 g/mol. The molecule has 0 amide bonds. The molecule has 0 saturated carbocycles. The van der Waals surface area contributed by atoms with E-state index < -0.39 is 0 Å². The van der Waals surface area contributed by atoms with Gasteiger partial charge in [-0.05, 0) is 38.5 Å². The third kappa shape index (κ3) is 7.37. The van der Waals surface area contributed by atoms with Crippen molar-refractivity contribution in [2.45, 2.75) is 79.1 Å². The van der Waals surface area contributed by atoms with E-state index in [4.69, 9.17) is 0 Å². The molecule has 25 heavy (non-hydrogen) atoms. The van der Waals surface area contributed by atoms with Gasteiger partial charge in [0.2, 0.25) is 0 Å². The summed E-state index contributed by atoms with van der Waals surface area (Å²) in [5.74, 6) is 0.930. The van der Waals surface area contributed by atoms with E-state index in [1.165, 1.54) is 0 Å². The summed E-state index contributed by atoms with van der Waals surface area (Å²) in [5, 5.41) is 18.9. The van der Waals surface area contributed by atoms with E-state index in [9.17, 15) is 19.8 Å². The summed E-state index contributed by atoms with van der Waals surface area (Å²) in [6.07, 6.45) is 7.02. The maximum Gasteiger partial charge on any atom is 0.164 e. The van der Waals surface area contributed by atoms with E-state index in [-0.39, 0.29) is 40.5 Å². The number of hydrogen-bond donors (Lipinski definition) is 2. The largest absolute Gasteiger partial charge is 0.512 e. The molecular formula is C20H32CuO4. The van der Waals surface area contributed by atoms with Gasteiger partial charge >= 0.3 is 0 Å². The molecule has 0 aliphatic heterocycles. The zero-order valence-electron chi connectivity index (χ0n) is 15.8. The Hall–Kier alpha value is -1.06. The topological polar surface area (TPSA) is 74.6 Å². The Balaban J connectivity index is 0.000000443. The molecule has 0 unspecified atom stereocenters. The van der Waals surface area contributed by atoms with E-state index in [1.54, 1.807) is 0 Å². The van der Waals surface area contributed by atoms with Gasteiger partial charge in [-0.3, -0.25) is 9.59 Å². The van der Waals surface area contributed by atoms with Crippen LogP contribution >= 0.6 is 0 Å². The molecule has 0 bridgehead atoms. The van der Waals surface area contributed by atoms with Gasteiger partial charge in [-0.1, -0.05) is 27.7 Å². The van der Waals surface area contributed by atoms with Gasteiger partial charge in [-0.15, -0.1) is 0 Å². The molecule has 0 aromatic rings. The van der Waals surface area contributed by atoms with Crippen molar-refractivity contribution in [2.24, 2.45) is 11.8 Å². The number of ketones is 2. The number of carbonyl (C=O) groups is 2. The summed E-state index contributed by atoms with van der Waals surface area (Å²) in [7, 11) is 0. The molecule has 2 aliphatic rings. The minimum atomic E-state index is 0. The smallest absolute Gasteiger partial charge is 0.164 e. The second-order valence-electron chi connectivity index (χ2n) is 7.30. The molecule has 2 rings (SSSR count). The summed E-state index contributed by atoms with van der Waals surface area (Å²) in [4.78, 5) is 23.0. The number of aliphatic hydroxyl groups is 2. The van der Waals surface area contributed by atoms with Crippen LogP contribution in [0.1, 0.15) is 79.1 Å². The standard InChI is InChI=1S/2C10H16O2.Cu/c2*1-7(2)10(12)8-5-3-4-6-9(8)11;/h2*7,11H,3-6H2,1-2H3;. The maximum atomic E-state index is 11.5. The number of rotatable bonds is 4. The van der Waals surface area contributed by atoms with Gasteiger partial charge in [0.1, 0.15) is 0 Å². The first-order valence-corrected chi connectivity index (χ1v) is 9.16. The fourth-order valence-electron chi connectivity index (χ4n) is 3.01. The SMILES string of the molecule is CC(C)C(=O)C1=C(O)CCCC1.CC(C)C(=O)C1=C(O)CCCC1.[Cu]. The molecule has 0 atom stereocenters. The van der Waals surface area contributed by atoms with Crippen LogP contribution in [0.25, 0.3) is 0 Å². The molecular weight excluding hydrogens is 368 g/mol. The fraction of sp³-hybridized carbons (Fsp3) is 0.700. The third-order valence-corrected chi connectivity index (χ3v) is 4.52. The second-order valence-corrected chi connectivity index (χ2v) is 7.30. The van der Waals surface area contributed by atoms with Crippen LogP contribution in [0, 0.1) is 11.8 Å². The van der Waals surface area contributed by atoms with Gasteiger partial charge in [-0.25, -0.2) is 0 Å². The van der Waals surface area contributed by atoms with Crippen LogP contribution in [0.3, 0.4) is 0 Å². The van der Waals surface area contributed by atoms with Gasteiger partial charge in [0, 0.05) is 52.9 Å². The number of hydrogen-bond acceptors (Lipinski definition) is 4. The van der Waals surface area contributed by atoms with Crippen LogP contribution in [0.2, 0.25) is 0 Å². The molecule has 2 N–H and O–H groups in total. The van der Waals surface area contributed by atoms with E-state index in [1.807, 2.05) is 27.7 Å². The van der Waals surface area contributed by atoms with Crippen LogP contribution in [0.5, 0.6) is 0 Å². The molecule has 147 valence electrons. The quantitative estimate of drug-likeness (QED) is 0.637. The number of carbonyl (C=O) groups excluding carboxylic acids is 2. The van der Waals surface area contributed by atoms with Crippen molar-refractivity contribution < 1.29 is 36.9 Å². The summed E-state index contributed by atoms with van der Waals surface area (Å²) >= 11 is 0. The first-order chi connectivity index (χ1) is 11.3.